The van der Waals surface area contributed by atoms with Gasteiger partial charge in [0.15, 0.2) is 0 Å². The zero-order valence-electron chi connectivity index (χ0n) is 13.5. The minimum absolute atomic E-state index is 0.993. The Hall–Kier alpha value is -2.29. The molecule has 0 radical (unpaired) electrons. The van der Waals surface area contributed by atoms with Gasteiger partial charge < -0.3 is 4.57 Å². The average molecular weight is 281 g/mol. The van der Waals surface area contributed by atoms with E-state index in [1.807, 2.05) is 33.8 Å². The van der Waals surface area contributed by atoms with Crippen LogP contribution in [0.2, 0.25) is 0 Å². The summed E-state index contributed by atoms with van der Waals surface area (Å²) >= 11 is 0. The number of nitrogens with zero attached hydrogens (tertiary/aromatic N) is 3. The lowest BCUT2D eigenvalue weighted by Crippen LogP contribution is -1.87. The zero-order chi connectivity index (χ0) is 15.4. The molecule has 3 heteroatoms. The van der Waals surface area contributed by atoms with E-state index in [1.165, 1.54) is 16.6 Å². The summed E-state index contributed by atoms with van der Waals surface area (Å²) in [7, 11) is 2.06. The standard InChI is InChI=1S/C14H11N3.2C2H6/c1-16-12-8-4-5-9-13(12)17-11-7-3-2-6-10(11)15-14(16)17;2*1-2/h2-9H,1H3;2*1-2H3. The number of aryl methyl sites for hydroxylation is 1. The highest BCUT2D eigenvalue weighted by atomic mass is 15.2. The number of rotatable bonds is 0. The van der Waals surface area contributed by atoms with Crippen molar-refractivity contribution in [2.45, 2.75) is 27.7 Å². The fourth-order valence-corrected chi connectivity index (χ4v) is 2.52. The third kappa shape index (κ3) is 2.29. The highest BCUT2D eigenvalue weighted by molar-refractivity contribution is 5.90. The molecule has 0 saturated heterocycles. The average Bonchev–Trinajstić information content (AvgIpc) is 3.08. The summed E-state index contributed by atoms with van der Waals surface area (Å²) in [6.07, 6.45) is 0. The maximum atomic E-state index is 4.68. The number of para-hydroxylation sites is 4. The molecule has 0 aliphatic carbocycles. The van der Waals surface area contributed by atoms with Gasteiger partial charge in [-0.25, -0.2) is 4.98 Å². The Bertz CT molecular complexity index is 853. The van der Waals surface area contributed by atoms with Crippen LogP contribution in [0.1, 0.15) is 27.7 Å². The Morgan fingerprint density at radius 2 is 1.24 bits per heavy atom. The van der Waals surface area contributed by atoms with Crippen molar-refractivity contribution in [2.75, 3.05) is 0 Å². The lowest BCUT2D eigenvalue weighted by Gasteiger charge is -1.94. The number of imidazole rings is 2. The first-order valence-electron chi connectivity index (χ1n) is 7.67. The number of hydrogen-bond donors (Lipinski definition) is 0. The molecule has 0 amide bonds. The Morgan fingerprint density at radius 3 is 1.90 bits per heavy atom. The van der Waals surface area contributed by atoms with Gasteiger partial charge in [-0.3, -0.25) is 4.40 Å². The Balaban J connectivity index is 0.000000374. The molecule has 0 bridgehead atoms. The lowest BCUT2D eigenvalue weighted by atomic mass is 10.3. The predicted octanol–water partition coefficient (Wildman–Crippen LogP) is 5.03. The van der Waals surface area contributed by atoms with E-state index in [-0.39, 0.29) is 0 Å². The van der Waals surface area contributed by atoms with E-state index in [1.54, 1.807) is 0 Å². The van der Waals surface area contributed by atoms with E-state index in [9.17, 15) is 0 Å². The molecule has 0 N–H and O–H groups in total. The van der Waals surface area contributed by atoms with E-state index in [4.69, 9.17) is 0 Å². The van der Waals surface area contributed by atoms with Crippen molar-refractivity contribution in [2.24, 2.45) is 7.05 Å². The van der Waals surface area contributed by atoms with Crippen molar-refractivity contribution >= 4 is 27.8 Å². The van der Waals surface area contributed by atoms with Crippen LogP contribution < -0.4 is 0 Å². The van der Waals surface area contributed by atoms with E-state index in [0.29, 0.717) is 0 Å². The van der Waals surface area contributed by atoms with Crippen LogP contribution in [-0.4, -0.2) is 14.0 Å². The first kappa shape index (κ1) is 15.1. The molecular weight excluding hydrogens is 258 g/mol. The molecule has 0 fully saturated rings. The fourth-order valence-electron chi connectivity index (χ4n) is 2.52. The van der Waals surface area contributed by atoms with Crippen molar-refractivity contribution in [3.8, 4) is 0 Å². The van der Waals surface area contributed by atoms with Gasteiger partial charge >= 0.3 is 0 Å². The fraction of sp³-hybridized carbons (Fsp3) is 0.278. The van der Waals surface area contributed by atoms with Crippen molar-refractivity contribution in [3.63, 3.8) is 0 Å². The first-order valence-corrected chi connectivity index (χ1v) is 7.67. The van der Waals surface area contributed by atoms with Crippen LogP contribution in [0.4, 0.5) is 0 Å². The summed E-state index contributed by atoms with van der Waals surface area (Å²) in [5.41, 5.74) is 4.63. The van der Waals surface area contributed by atoms with Gasteiger partial charge in [-0.15, -0.1) is 0 Å². The molecule has 110 valence electrons. The van der Waals surface area contributed by atoms with Crippen molar-refractivity contribution in [1.82, 2.24) is 14.0 Å². The van der Waals surface area contributed by atoms with Crippen LogP contribution in [0.25, 0.3) is 27.8 Å². The maximum Gasteiger partial charge on any atom is 0.215 e. The minimum atomic E-state index is 0.993. The van der Waals surface area contributed by atoms with Crippen LogP contribution in [0.5, 0.6) is 0 Å². The van der Waals surface area contributed by atoms with Crippen LogP contribution in [0.15, 0.2) is 48.5 Å². The third-order valence-corrected chi connectivity index (χ3v) is 3.33. The largest absolute Gasteiger partial charge is 0.313 e. The van der Waals surface area contributed by atoms with Gasteiger partial charge in [0.25, 0.3) is 0 Å². The summed E-state index contributed by atoms with van der Waals surface area (Å²) in [5, 5.41) is 0. The summed E-state index contributed by atoms with van der Waals surface area (Å²) in [5.74, 6) is 0.993. The van der Waals surface area contributed by atoms with Crippen LogP contribution in [-0.2, 0) is 7.05 Å². The first-order chi connectivity index (χ1) is 10.4. The Kier molecular flexibility index (Phi) is 4.63. The maximum absolute atomic E-state index is 4.68. The Labute approximate surface area is 125 Å². The zero-order valence-corrected chi connectivity index (χ0v) is 13.5. The number of aromatic nitrogens is 3. The van der Waals surface area contributed by atoms with Crippen molar-refractivity contribution in [3.05, 3.63) is 48.5 Å². The molecule has 0 unspecified atom stereocenters. The van der Waals surface area contributed by atoms with Gasteiger partial charge in [-0.2, -0.15) is 0 Å². The monoisotopic (exact) mass is 281 g/mol. The summed E-state index contributed by atoms with van der Waals surface area (Å²) < 4.78 is 4.35. The molecule has 3 nitrogen and oxygen atoms in total. The van der Waals surface area contributed by atoms with Crippen molar-refractivity contribution < 1.29 is 0 Å². The number of benzene rings is 2. The topological polar surface area (TPSA) is 22.2 Å². The molecule has 4 aromatic rings. The van der Waals surface area contributed by atoms with Gasteiger partial charge in [0.05, 0.1) is 22.1 Å². The van der Waals surface area contributed by atoms with Gasteiger partial charge in [-0.1, -0.05) is 52.0 Å². The van der Waals surface area contributed by atoms with E-state index in [2.05, 4.69) is 63.5 Å². The molecular formula is C18H23N3. The molecule has 0 aliphatic rings. The summed E-state index contributed by atoms with van der Waals surface area (Å²) in [6.45, 7) is 8.00. The van der Waals surface area contributed by atoms with E-state index in [0.717, 1.165) is 11.3 Å². The van der Waals surface area contributed by atoms with Gasteiger partial charge in [0.2, 0.25) is 5.78 Å². The highest BCUT2D eigenvalue weighted by Gasteiger charge is 2.12. The molecule has 2 aromatic carbocycles. The second-order valence-corrected chi connectivity index (χ2v) is 4.28. The number of hydrogen-bond acceptors (Lipinski definition) is 1. The third-order valence-electron chi connectivity index (χ3n) is 3.33. The smallest absolute Gasteiger partial charge is 0.215 e. The van der Waals surface area contributed by atoms with E-state index < -0.39 is 0 Å². The molecule has 0 atom stereocenters. The molecule has 0 saturated carbocycles. The second-order valence-electron chi connectivity index (χ2n) is 4.28. The quantitative estimate of drug-likeness (QED) is 0.443. The van der Waals surface area contributed by atoms with Crippen LogP contribution >= 0.6 is 0 Å². The normalized spacial score (nSPS) is 10.1. The Morgan fingerprint density at radius 1 is 0.714 bits per heavy atom. The van der Waals surface area contributed by atoms with Crippen molar-refractivity contribution in [1.29, 1.82) is 0 Å². The number of fused-ring (bicyclic) bond motifs is 5. The van der Waals surface area contributed by atoms with Crippen LogP contribution in [0.3, 0.4) is 0 Å². The second kappa shape index (κ2) is 6.44. The summed E-state index contributed by atoms with van der Waals surface area (Å²) in [4.78, 5) is 4.68. The molecule has 0 spiro atoms. The minimum Gasteiger partial charge on any atom is -0.313 e. The van der Waals surface area contributed by atoms with Gasteiger partial charge in [0.1, 0.15) is 0 Å². The highest BCUT2D eigenvalue weighted by Crippen LogP contribution is 2.24. The van der Waals surface area contributed by atoms with Gasteiger partial charge in [0, 0.05) is 7.05 Å². The van der Waals surface area contributed by atoms with E-state index >= 15 is 0 Å². The molecule has 2 aromatic heterocycles. The summed E-state index contributed by atoms with van der Waals surface area (Å²) in [6, 6.07) is 16.6. The molecule has 4 rings (SSSR count). The molecule has 21 heavy (non-hydrogen) atoms. The molecule has 2 heterocycles. The van der Waals surface area contributed by atoms with Gasteiger partial charge in [-0.05, 0) is 24.3 Å². The SMILES string of the molecule is CC.CC.Cn1c2ccccc2n2c3ccccc3nc12. The predicted molar refractivity (Wildman–Crippen MR) is 91.9 cm³/mol. The molecule has 0 aliphatic heterocycles. The lowest BCUT2D eigenvalue weighted by molar-refractivity contribution is 0.973. The van der Waals surface area contributed by atoms with Crippen LogP contribution in [0, 0.1) is 0 Å².